The number of allylic oxidation sites excluding steroid dienone is 1. The first-order valence-electron chi connectivity index (χ1n) is 3.99. The number of hydrogen-bond acceptors (Lipinski definition) is 1. The first-order chi connectivity index (χ1) is 6.19. The smallest absolute Gasteiger partial charge is 0.0409 e. The van der Waals surface area contributed by atoms with Gasteiger partial charge in [-0.3, -0.25) is 0 Å². The van der Waals surface area contributed by atoms with Gasteiger partial charge in [0.1, 0.15) is 0 Å². The molecule has 0 aromatic heterocycles. The van der Waals surface area contributed by atoms with E-state index in [0.29, 0.717) is 0 Å². The first-order valence-corrected chi connectivity index (χ1v) is 5.59. The summed E-state index contributed by atoms with van der Waals surface area (Å²) in [5, 5.41) is 0.772. The van der Waals surface area contributed by atoms with Gasteiger partial charge in [-0.2, -0.15) is 0 Å². The minimum atomic E-state index is 0.772. The van der Waals surface area contributed by atoms with Crippen LogP contribution in [0.4, 0.5) is 0 Å². The summed E-state index contributed by atoms with van der Waals surface area (Å²) in [7, 11) is 0. The zero-order valence-corrected chi connectivity index (χ0v) is 9.38. The zero-order chi connectivity index (χ0) is 9.84. The summed E-state index contributed by atoms with van der Waals surface area (Å²) in [4.78, 5) is 1.24. The molecule has 2 heteroatoms. The highest BCUT2D eigenvalue weighted by Crippen LogP contribution is 2.29. The van der Waals surface area contributed by atoms with Crippen LogP contribution in [0, 0.1) is 5.92 Å². The SMILES string of the molecule is C=C[C](C)c1cc(Cl)ccc1SC. The summed E-state index contributed by atoms with van der Waals surface area (Å²) < 4.78 is 0. The second kappa shape index (κ2) is 4.73. The summed E-state index contributed by atoms with van der Waals surface area (Å²) in [6, 6.07) is 5.92. The molecule has 1 aromatic rings. The molecule has 1 rings (SSSR count). The van der Waals surface area contributed by atoms with Crippen LogP contribution in [0.15, 0.2) is 35.7 Å². The molecule has 0 saturated carbocycles. The lowest BCUT2D eigenvalue weighted by Crippen LogP contribution is -1.92. The molecule has 0 N–H and O–H groups in total. The summed E-state index contributed by atoms with van der Waals surface area (Å²) in [5.41, 5.74) is 1.18. The maximum Gasteiger partial charge on any atom is 0.0409 e. The Kier molecular flexibility index (Phi) is 3.89. The van der Waals surface area contributed by atoms with Gasteiger partial charge in [-0.25, -0.2) is 0 Å². The van der Waals surface area contributed by atoms with Gasteiger partial charge in [0, 0.05) is 15.8 Å². The fourth-order valence-electron chi connectivity index (χ4n) is 1.10. The Balaban J connectivity index is 3.14. The van der Waals surface area contributed by atoms with E-state index in [0.717, 1.165) is 10.9 Å². The van der Waals surface area contributed by atoms with Crippen LogP contribution < -0.4 is 0 Å². The quantitative estimate of drug-likeness (QED) is 0.676. The van der Waals surface area contributed by atoms with Crippen molar-refractivity contribution in [2.75, 3.05) is 6.26 Å². The number of halogens is 1. The van der Waals surface area contributed by atoms with E-state index in [4.69, 9.17) is 11.6 Å². The Morgan fingerprint density at radius 2 is 2.23 bits per heavy atom. The van der Waals surface area contributed by atoms with Gasteiger partial charge in [-0.1, -0.05) is 24.6 Å². The van der Waals surface area contributed by atoms with E-state index in [1.165, 1.54) is 10.5 Å². The van der Waals surface area contributed by atoms with Crippen LogP contribution in [0.2, 0.25) is 5.02 Å². The number of rotatable bonds is 3. The number of benzene rings is 1. The standard InChI is InChI=1S/C11H12ClS/c1-4-8(2)10-7-9(12)5-6-11(10)13-3/h4-7H,1H2,2-3H3. The van der Waals surface area contributed by atoms with Crippen molar-refractivity contribution >= 4 is 23.4 Å². The molecule has 0 spiro atoms. The zero-order valence-electron chi connectivity index (χ0n) is 7.80. The molecule has 13 heavy (non-hydrogen) atoms. The Morgan fingerprint density at radius 3 is 2.77 bits per heavy atom. The van der Waals surface area contributed by atoms with Gasteiger partial charge in [-0.05, 0) is 30.0 Å². The van der Waals surface area contributed by atoms with E-state index in [-0.39, 0.29) is 0 Å². The molecule has 0 heterocycles. The van der Waals surface area contributed by atoms with Crippen LogP contribution in [0.25, 0.3) is 0 Å². The molecule has 1 aromatic carbocycles. The van der Waals surface area contributed by atoms with E-state index in [2.05, 4.69) is 12.8 Å². The lowest BCUT2D eigenvalue weighted by atomic mass is 10.0. The van der Waals surface area contributed by atoms with Gasteiger partial charge in [0.15, 0.2) is 0 Å². The lowest BCUT2D eigenvalue weighted by Gasteiger charge is -2.10. The Labute approximate surface area is 89.0 Å². The van der Waals surface area contributed by atoms with Crippen molar-refractivity contribution in [1.29, 1.82) is 0 Å². The van der Waals surface area contributed by atoms with E-state index >= 15 is 0 Å². The fourth-order valence-corrected chi connectivity index (χ4v) is 1.91. The Hall–Kier alpha value is -0.400. The summed E-state index contributed by atoms with van der Waals surface area (Å²) in [5.74, 6) is 1.16. The molecule has 0 atom stereocenters. The highest BCUT2D eigenvalue weighted by molar-refractivity contribution is 7.98. The predicted octanol–water partition coefficient (Wildman–Crippen LogP) is 4.19. The fraction of sp³-hybridized carbons (Fsp3) is 0.182. The average molecular weight is 212 g/mol. The Bertz CT molecular complexity index is 307. The van der Waals surface area contributed by atoms with E-state index in [9.17, 15) is 0 Å². The van der Waals surface area contributed by atoms with Crippen molar-refractivity contribution in [2.24, 2.45) is 0 Å². The predicted molar refractivity (Wildman–Crippen MR) is 61.4 cm³/mol. The molecule has 0 unspecified atom stereocenters. The molecule has 0 nitrogen and oxygen atoms in total. The van der Waals surface area contributed by atoms with Crippen LogP contribution in [0.5, 0.6) is 0 Å². The van der Waals surface area contributed by atoms with Crippen LogP contribution in [0.3, 0.4) is 0 Å². The second-order valence-corrected chi connectivity index (χ2v) is 4.02. The monoisotopic (exact) mass is 211 g/mol. The largest absolute Gasteiger partial charge is 0.129 e. The molecular formula is C11H12ClS. The minimum absolute atomic E-state index is 0.772. The minimum Gasteiger partial charge on any atom is -0.129 e. The molecule has 69 valence electrons. The second-order valence-electron chi connectivity index (χ2n) is 2.73. The highest BCUT2D eigenvalue weighted by Gasteiger charge is 2.07. The summed E-state index contributed by atoms with van der Waals surface area (Å²) in [6.45, 7) is 5.79. The third kappa shape index (κ3) is 2.52. The van der Waals surface area contributed by atoms with E-state index in [1.54, 1.807) is 11.8 Å². The van der Waals surface area contributed by atoms with E-state index in [1.807, 2.05) is 31.2 Å². The van der Waals surface area contributed by atoms with Crippen molar-refractivity contribution in [1.82, 2.24) is 0 Å². The molecule has 0 aliphatic carbocycles. The molecule has 0 bridgehead atoms. The molecule has 0 fully saturated rings. The Morgan fingerprint density at radius 1 is 1.54 bits per heavy atom. The molecule has 0 amide bonds. The van der Waals surface area contributed by atoms with Crippen molar-refractivity contribution in [3.05, 3.63) is 47.4 Å². The van der Waals surface area contributed by atoms with Gasteiger partial charge < -0.3 is 0 Å². The summed E-state index contributed by atoms with van der Waals surface area (Å²) in [6.07, 6.45) is 3.91. The van der Waals surface area contributed by atoms with Gasteiger partial charge in [-0.15, -0.1) is 18.3 Å². The third-order valence-electron chi connectivity index (χ3n) is 1.89. The maximum atomic E-state index is 5.92. The van der Waals surface area contributed by atoms with Crippen molar-refractivity contribution < 1.29 is 0 Å². The van der Waals surface area contributed by atoms with Crippen molar-refractivity contribution in [3.63, 3.8) is 0 Å². The first kappa shape index (κ1) is 10.7. The van der Waals surface area contributed by atoms with Gasteiger partial charge in [0.2, 0.25) is 0 Å². The van der Waals surface area contributed by atoms with Gasteiger partial charge in [0.05, 0.1) is 0 Å². The molecule has 0 saturated heterocycles. The molecule has 1 radical (unpaired) electrons. The van der Waals surface area contributed by atoms with Gasteiger partial charge in [0.25, 0.3) is 0 Å². The third-order valence-corrected chi connectivity index (χ3v) is 2.92. The van der Waals surface area contributed by atoms with Crippen LogP contribution in [0.1, 0.15) is 12.5 Å². The summed E-state index contributed by atoms with van der Waals surface area (Å²) >= 11 is 7.64. The molecule has 0 aliphatic rings. The maximum absolute atomic E-state index is 5.92. The molecular weight excluding hydrogens is 200 g/mol. The van der Waals surface area contributed by atoms with Crippen LogP contribution in [-0.4, -0.2) is 6.26 Å². The number of hydrogen-bond donors (Lipinski definition) is 0. The number of thioether (sulfide) groups is 1. The molecule has 0 aliphatic heterocycles. The van der Waals surface area contributed by atoms with Crippen molar-refractivity contribution in [2.45, 2.75) is 11.8 Å². The van der Waals surface area contributed by atoms with Crippen LogP contribution in [-0.2, 0) is 0 Å². The highest BCUT2D eigenvalue weighted by atomic mass is 35.5. The average Bonchev–Trinajstić information content (AvgIpc) is 2.16. The lowest BCUT2D eigenvalue weighted by molar-refractivity contribution is 1.18. The van der Waals surface area contributed by atoms with Gasteiger partial charge >= 0.3 is 0 Å². The normalized spacial score (nSPS) is 10.5. The topological polar surface area (TPSA) is 0 Å². The van der Waals surface area contributed by atoms with E-state index < -0.39 is 0 Å². The van der Waals surface area contributed by atoms with Crippen LogP contribution >= 0.6 is 23.4 Å². The van der Waals surface area contributed by atoms with Crippen molar-refractivity contribution in [3.8, 4) is 0 Å².